The molecule has 3 aromatic heterocycles. The topological polar surface area (TPSA) is 91.7 Å². The highest BCUT2D eigenvalue weighted by Crippen LogP contribution is 2.29. The second-order valence-corrected chi connectivity index (χ2v) is 5.27. The Hall–Kier alpha value is -3.55. The van der Waals surface area contributed by atoms with Crippen molar-refractivity contribution < 1.29 is 9.13 Å². The molecule has 1 aromatic carbocycles. The van der Waals surface area contributed by atoms with Crippen LogP contribution in [0.15, 0.2) is 48.9 Å². The highest BCUT2D eigenvalue weighted by atomic mass is 19.1. The summed E-state index contributed by atoms with van der Waals surface area (Å²) in [7, 11) is 1.54. The molecule has 25 heavy (non-hydrogen) atoms. The smallest absolute Gasteiger partial charge is 0.213 e. The van der Waals surface area contributed by atoms with E-state index in [2.05, 4.69) is 19.9 Å². The Bertz CT molecular complexity index is 1060. The average Bonchev–Trinajstić information content (AvgIpc) is 3.03. The Labute approximate surface area is 142 Å². The van der Waals surface area contributed by atoms with Crippen molar-refractivity contribution in [3.05, 3.63) is 54.7 Å². The summed E-state index contributed by atoms with van der Waals surface area (Å²) >= 11 is 0. The van der Waals surface area contributed by atoms with E-state index in [4.69, 9.17) is 10.5 Å². The van der Waals surface area contributed by atoms with Crippen LogP contribution in [0.2, 0.25) is 0 Å². The number of nitrogen functional groups attached to an aromatic ring is 1. The Morgan fingerprint density at radius 1 is 1.12 bits per heavy atom. The summed E-state index contributed by atoms with van der Waals surface area (Å²) in [4.78, 5) is 17.0. The quantitative estimate of drug-likeness (QED) is 0.618. The molecule has 0 saturated carbocycles. The summed E-state index contributed by atoms with van der Waals surface area (Å²) < 4.78 is 20.6. The van der Waals surface area contributed by atoms with Gasteiger partial charge in [-0.3, -0.25) is 4.57 Å². The van der Waals surface area contributed by atoms with E-state index in [1.54, 1.807) is 36.1 Å². The summed E-state index contributed by atoms with van der Waals surface area (Å²) in [6.07, 6.45) is 2.99. The number of hydrogen-bond acceptors (Lipinski definition) is 6. The fourth-order valence-electron chi connectivity index (χ4n) is 2.60. The molecule has 0 amide bonds. The van der Waals surface area contributed by atoms with Gasteiger partial charge in [0, 0.05) is 11.6 Å². The maximum Gasteiger partial charge on any atom is 0.213 e. The first-order chi connectivity index (χ1) is 12.2. The first kappa shape index (κ1) is 15.0. The third-order valence-corrected chi connectivity index (χ3v) is 3.74. The van der Waals surface area contributed by atoms with Gasteiger partial charge in [-0.15, -0.1) is 0 Å². The number of ether oxygens (including phenoxy) is 1. The molecule has 0 saturated heterocycles. The van der Waals surface area contributed by atoms with Crippen molar-refractivity contribution in [3.8, 4) is 23.0 Å². The SMILES string of the molecule is COc1ccc(-n2c(-c3cccc(F)c3)nc3c(N)ncnc32)cn1. The molecule has 0 atom stereocenters. The predicted octanol–water partition coefficient (Wildman–Crippen LogP) is 2.61. The van der Waals surface area contributed by atoms with E-state index in [0.29, 0.717) is 34.1 Å². The summed E-state index contributed by atoms with van der Waals surface area (Å²) in [5, 5.41) is 0. The van der Waals surface area contributed by atoms with Crippen LogP contribution in [0.1, 0.15) is 0 Å². The number of halogens is 1. The molecule has 4 rings (SSSR count). The van der Waals surface area contributed by atoms with Crippen molar-refractivity contribution in [1.82, 2.24) is 24.5 Å². The molecule has 0 radical (unpaired) electrons. The number of anilines is 1. The van der Waals surface area contributed by atoms with Gasteiger partial charge >= 0.3 is 0 Å². The molecule has 0 spiro atoms. The largest absolute Gasteiger partial charge is 0.481 e. The van der Waals surface area contributed by atoms with Crippen LogP contribution < -0.4 is 10.5 Å². The monoisotopic (exact) mass is 336 g/mol. The van der Waals surface area contributed by atoms with Gasteiger partial charge in [0.1, 0.15) is 18.0 Å². The van der Waals surface area contributed by atoms with Gasteiger partial charge in [0.15, 0.2) is 17.0 Å². The number of nitrogens with zero attached hydrogens (tertiary/aromatic N) is 5. The van der Waals surface area contributed by atoms with Gasteiger partial charge in [-0.25, -0.2) is 24.3 Å². The fourth-order valence-corrected chi connectivity index (χ4v) is 2.60. The Kier molecular flexibility index (Phi) is 3.50. The first-order valence-corrected chi connectivity index (χ1v) is 7.42. The van der Waals surface area contributed by atoms with Gasteiger partial charge in [-0.1, -0.05) is 12.1 Å². The van der Waals surface area contributed by atoms with Crippen LogP contribution in [0.4, 0.5) is 10.2 Å². The minimum atomic E-state index is -0.358. The van der Waals surface area contributed by atoms with Crippen LogP contribution in [0.5, 0.6) is 5.88 Å². The van der Waals surface area contributed by atoms with Gasteiger partial charge < -0.3 is 10.5 Å². The molecule has 0 bridgehead atoms. The summed E-state index contributed by atoms with van der Waals surface area (Å²) in [6, 6.07) is 9.70. The van der Waals surface area contributed by atoms with E-state index >= 15 is 0 Å². The van der Waals surface area contributed by atoms with Crippen LogP contribution in [0.25, 0.3) is 28.2 Å². The Morgan fingerprint density at radius 3 is 2.72 bits per heavy atom. The number of aromatic nitrogens is 5. The Morgan fingerprint density at radius 2 is 2.00 bits per heavy atom. The first-order valence-electron chi connectivity index (χ1n) is 7.42. The highest BCUT2D eigenvalue weighted by Gasteiger charge is 2.18. The van der Waals surface area contributed by atoms with Crippen molar-refractivity contribution >= 4 is 17.0 Å². The van der Waals surface area contributed by atoms with Crippen LogP contribution in [0, 0.1) is 5.82 Å². The van der Waals surface area contributed by atoms with Gasteiger partial charge in [0.25, 0.3) is 0 Å². The molecule has 2 N–H and O–H groups in total. The number of nitrogens with two attached hydrogens (primary N) is 1. The van der Waals surface area contributed by atoms with Gasteiger partial charge in [0.05, 0.1) is 19.0 Å². The fraction of sp³-hybridized carbons (Fsp3) is 0.0588. The lowest BCUT2D eigenvalue weighted by atomic mass is 10.2. The normalized spacial score (nSPS) is 11.0. The lowest BCUT2D eigenvalue weighted by Gasteiger charge is -2.09. The average molecular weight is 336 g/mol. The molecule has 7 nitrogen and oxygen atoms in total. The number of hydrogen-bond donors (Lipinski definition) is 1. The summed E-state index contributed by atoms with van der Waals surface area (Å²) in [6.45, 7) is 0. The number of imidazole rings is 1. The Balaban J connectivity index is 2.03. The molecule has 0 fully saturated rings. The molecule has 0 unspecified atom stereocenters. The van der Waals surface area contributed by atoms with E-state index in [1.807, 2.05) is 6.07 Å². The van der Waals surface area contributed by atoms with Crippen molar-refractivity contribution in [2.24, 2.45) is 0 Å². The number of pyridine rings is 1. The van der Waals surface area contributed by atoms with Crippen molar-refractivity contribution in [1.29, 1.82) is 0 Å². The zero-order chi connectivity index (χ0) is 17.4. The van der Waals surface area contributed by atoms with Gasteiger partial charge in [0.2, 0.25) is 5.88 Å². The molecule has 4 aromatic rings. The van der Waals surface area contributed by atoms with E-state index in [-0.39, 0.29) is 11.6 Å². The maximum absolute atomic E-state index is 13.7. The van der Waals surface area contributed by atoms with Gasteiger partial charge in [-0.05, 0) is 18.2 Å². The minimum Gasteiger partial charge on any atom is -0.481 e. The molecule has 3 heterocycles. The van der Waals surface area contributed by atoms with E-state index in [9.17, 15) is 4.39 Å². The number of rotatable bonds is 3. The number of fused-ring (bicyclic) bond motifs is 1. The standard InChI is InChI=1S/C17H13FN6O/c1-25-13-6-5-12(8-20-13)24-16(10-3-2-4-11(18)7-10)23-14-15(19)21-9-22-17(14)24/h2-9H,1H3,(H2,19,21,22). The van der Waals surface area contributed by atoms with Crippen LogP contribution >= 0.6 is 0 Å². The zero-order valence-corrected chi connectivity index (χ0v) is 13.2. The molecule has 124 valence electrons. The molecular weight excluding hydrogens is 323 g/mol. The maximum atomic E-state index is 13.7. The third kappa shape index (κ3) is 2.53. The summed E-state index contributed by atoms with van der Waals surface area (Å²) in [5.74, 6) is 0.870. The van der Waals surface area contributed by atoms with Crippen molar-refractivity contribution in [3.63, 3.8) is 0 Å². The number of benzene rings is 1. The molecular formula is C17H13FN6O. The van der Waals surface area contributed by atoms with E-state index in [0.717, 1.165) is 0 Å². The molecule has 0 aliphatic heterocycles. The van der Waals surface area contributed by atoms with Crippen molar-refractivity contribution in [2.75, 3.05) is 12.8 Å². The van der Waals surface area contributed by atoms with Crippen LogP contribution in [-0.2, 0) is 0 Å². The second-order valence-electron chi connectivity index (χ2n) is 5.27. The second kappa shape index (κ2) is 5.82. The van der Waals surface area contributed by atoms with Crippen LogP contribution in [-0.4, -0.2) is 31.6 Å². The van der Waals surface area contributed by atoms with Gasteiger partial charge in [-0.2, -0.15) is 0 Å². The number of methoxy groups -OCH3 is 1. The highest BCUT2D eigenvalue weighted by molar-refractivity contribution is 5.87. The lowest BCUT2D eigenvalue weighted by molar-refractivity contribution is 0.398. The van der Waals surface area contributed by atoms with E-state index in [1.165, 1.54) is 18.5 Å². The predicted molar refractivity (Wildman–Crippen MR) is 90.8 cm³/mol. The third-order valence-electron chi connectivity index (χ3n) is 3.74. The van der Waals surface area contributed by atoms with Crippen LogP contribution in [0.3, 0.4) is 0 Å². The minimum absolute atomic E-state index is 0.253. The zero-order valence-electron chi connectivity index (χ0n) is 13.2. The molecule has 0 aliphatic carbocycles. The van der Waals surface area contributed by atoms with E-state index < -0.39 is 0 Å². The molecule has 8 heteroatoms. The molecule has 0 aliphatic rings. The van der Waals surface area contributed by atoms with Crippen molar-refractivity contribution in [2.45, 2.75) is 0 Å². The lowest BCUT2D eigenvalue weighted by Crippen LogP contribution is -2.01. The summed E-state index contributed by atoms with van der Waals surface area (Å²) in [5.41, 5.74) is 8.17.